The number of fused-ring (bicyclic) bond motifs is 2. The van der Waals surface area contributed by atoms with Crippen molar-refractivity contribution < 1.29 is 13.2 Å². The van der Waals surface area contributed by atoms with Gasteiger partial charge in [0.1, 0.15) is 0 Å². The molecule has 0 unspecified atom stereocenters. The van der Waals surface area contributed by atoms with E-state index in [2.05, 4.69) is 10.3 Å². The molecule has 0 aromatic carbocycles. The molecule has 5 rings (SSSR count). The molecule has 0 radical (unpaired) electrons. The summed E-state index contributed by atoms with van der Waals surface area (Å²) in [5.41, 5.74) is 1.66. The van der Waals surface area contributed by atoms with E-state index in [1.807, 2.05) is 6.20 Å². The molecule has 25 heavy (non-hydrogen) atoms. The van der Waals surface area contributed by atoms with Gasteiger partial charge in [0.25, 0.3) is 0 Å². The highest BCUT2D eigenvalue weighted by Crippen LogP contribution is 2.42. The number of rotatable bonds is 5. The Morgan fingerprint density at radius 2 is 2.16 bits per heavy atom. The molecule has 2 aliphatic carbocycles. The standard InChI is InChI=1S/C17H24N4O3S/c22-25(23,14-3-4-14)21-6-5-17(10-21)11-24-9-13-8-19-16(20-15(13)17)18-7-12-1-2-12/h8,12,14H,1-7,9-11H2,(H,18,19,20)/t17-/m1/s1. The van der Waals surface area contributed by atoms with Crippen molar-refractivity contribution in [2.24, 2.45) is 5.92 Å². The summed E-state index contributed by atoms with van der Waals surface area (Å²) >= 11 is 0. The van der Waals surface area contributed by atoms with Crippen LogP contribution in [-0.2, 0) is 26.8 Å². The van der Waals surface area contributed by atoms with Crippen LogP contribution in [0.5, 0.6) is 0 Å². The van der Waals surface area contributed by atoms with E-state index in [9.17, 15) is 8.42 Å². The molecule has 1 N–H and O–H groups in total. The second kappa shape index (κ2) is 5.62. The van der Waals surface area contributed by atoms with Gasteiger partial charge in [0.15, 0.2) is 0 Å². The summed E-state index contributed by atoms with van der Waals surface area (Å²) < 4.78 is 32.7. The summed E-state index contributed by atoms with van der Waals surface area (Å²) in [5, 5.41) is 3.18. The summed E-state index contributed by atoms with van der Waals surface area (Å²) in [7, 11) is -3.15. The predicted octanol–water partition coefficient (Wildman–Crippen LogP) is 1.26. The SMILES string of the molecule is O=S(=O)(C1CC1)N1CC[C@]2(COCc3cnc(NCC4CC4)nc32)C1. The Morgan fingerprint density at radius 1 is 1.32 bits per heavy atom. The normalized spacial score (nSPS) is 29.8. The number of anilines is 1. The zero-order valence-corrected chi connectivity index (χ0v) is 15.1. The van der Waals surface area contributed by atoms with Crippen molar-refractivity contribution in [1.82, 2.24) is 14.3 Å². The van der Waals surface area contributed by atoms with E-state index >= 15 is 0 Å². The number of aromatic nitrogens is 2. The first-order valence-electron chi connectivity index (χ1n) is 9.24. The fourth-order valence-corrected chi connectivity index (χ4v) is 5.90. The Hall–Kier alpha value is -1.25. The average Bonchev–Trinajstić information content (AvgIpc) is 3.52. The summed E-state index contributed by atoms with van der Waals surface area (Å²) in [6.07, 6.45) is 6.78. The minimum absolute atomic E-state index is 0.159. The van der Waals surface area contributed by atoms with Crippen LogP contribution in [0.3, 0.4) is 0 Å². The second-order valence-electron chi connectivity index (χ2n) is 7.99. The molecule has 3 fully saturated rings. The summed E-state index contributed by atoms with van der Waals surface area (Å²) in [6, 6.07) is 0. The van der Waals surface area contributed by atoms with Gasteiger partial charge in [0, 0.05) is 31.4 Å². The van der Waals surface area contributed by atoms with Crippen molar-refractivity contribution in [2.75, 3.05) is 31.6 Å². The van der Waals surface area contributed by atoms with E-state index in [0.29, 0.717) is 32.3 Å². The Kier molecular flexibility index (Phi) is 3.59. The molecular formula is C17H24N4O3S. The predicted molar refractivity (Wildman–Crippen MR) is 92.7 cm³/mol. The number of sulfonamides is 1. The lowest BCUT2D eigenvalue weighted by molar-refractivity contribution is 0.0532. The molecule has 0 amide bonds. The molecule has 4 aliphatic rings. The molecule has 1 aromatic rings. The van der Waals surface area contributed by atoms with Gasteiger partial charge in [-0.3, -0.25) is 0 Å². The lowest BCUT2D eigenvalue weighted by Gasteiger charge is -2.34. The van der Waals surface area contributed by atoms with Crippen molar-refractivity contribution in [3.8, 4) is 0 Å². The molecule has 2 aliphatic heterocycles. The molecule has 0 bridgehead atoms. The average molecular weight is 364 g/mol. The van der Waals surface area contributed by atoms with Crippen LogP contribution in [0.4, 0.5) is 5.95 Å². The van der Waals surface area contributed by atoms with Gasteiger partial charge in [-0.05, 0) is 38.0 Å². The minimum Gasteiger partial charge on any atom is -0.376 e. The van der Waals surface area contributed by atoms with Gasteiger partial charge >= 0.3 is 0 Å². The van der Waals surface area contributed by atoms with E-state index in [-0.39, 0.29) is 10.7 Å². The third-order valence-electron chi connectivity index (χ3n) is 5.87. The zero-order chi connectivity index (χ0) is 17.1. The summed E-state index contributed by atoms with van der Waals surface area (Å²) in [4.78, 5) is 9.22. The fraction of sp³-hybridized carbons (Fsp3) is 0.765. The molecular weight excluding hydrogens is 340 g/mol. The number of nitrogens with one attached hydrogen (secondary N) is 1. The smallest absolute Gasteiger partial charge is 0.222 e. The van der Waals surface area contributed by atoms with Gasteiger partial charge < -0.3 is 10.1 Å². The first-order valence-corrected chi connectivity index (χ1v) is 10.7. The maximum atomic E-state index is 12.6. The van der Waals surface area contributed by atoms with Crippen LogP contribution in [0.15, 0.2) is 6.20 Å². The van der Waals surface area contributed by atoms with Crippen LogP contribution in [0.25, 0.3) is 0 Å². The van der Waals surface area contributed by atoms with Crippen molar-refractivity contribution in [1.29, 1.82) is 0 Å². The molecule has 8 heteroatoms. The largest absolute Gasteiger partial charge is 0.376 e. The molecule has 1 atom stereocenters. The second-order valence-corrected chi connectivity index (χ2v) is 10.2. The minimum atomic E-state index is -3.15. The van der Waals surface area contributed by atoms with Crippen molar-refractivity contribution in [3.05, 3.63) is 17.5 Å². The van der Waals surface area contributed by atoms with Gasteiger partial charge in [-0.1, -0.05) is 0 Å². The molecule has 1 spiro atoms. The summed E-state index contributed by atoms with van der Waals surface area (Å²) in [6.45, 7) is 3.02. The number of hydrogen-bond donors (Lipinski definition) is 1. The first kappa shape index (κ1) is 16.0. The maximum absolute atomic E-state index is 12.6. The Bertz CT molecular complexity index is 791. The topological polar surface area (TPSA) is 84.4 Å². The van der Waals surface area contributed by atoms with Crippen molar-refractivity contribution >= 4 is 16.0 Å². The lowest BCUT2D eigenvalue weighted by atomic mass is 9.81. The molecule has 136 valence electrons. The molecule has 3 heterocycles. The first-order chi connectivity index (χ1) is 12.1. The van der Waals surface area contributed by atoms with Gasteiger partial charge in [-0.15, -0.1) is 0 Å². The maximum Gasteiger partial charge on any atom is 0.222 e. The molecule has 1 saturated heterocycles. The quantitative estimate of drug-likeness (QED) is 0.847. The number of nitrogens with zero attached hydrogens (tertiary/aromatic N) is 3. The summed E-state index contributed by atoms with van der Waals surface area (Å²) in [5.74, 6) is 1.41. The van der Waals surface area contributed by atoms with E-state index < -0.39 is 10.0 Å². The van der Waals surface area contributed by atoms with Crippen molar-refractivity contribution in [2.45, 2.75) is 49.4 Å². The van der Waals surface area contributed by atoms with Crippen LogP contribution >= 0.6 is 0 Å². The Morgan fingerprint density at radius 3 is 2.92 bits per heavy atom. The zero-order valence-electron chi connectivity index (χ0n) is 14.3. The van der Waals surface area contributed by atoms with Gasteiger partial charge in [0.2, 0.25) is 16.0 Å². The Balaban J connectivity index is 1.42. The third kappa shape index (κ3) is 2.84. The molecule has 7 nitrogen and oxygen atoms in total. The van der Waals surface area contributed by atoms with Gasteiger partial charge in [-0.2, -0.15) is 0 Å². The van der Waals surface area contributed by atoms with Crippen molar-refractivity contribution in [3.63, 3.8) is 0 Å². The van der Waals surface area contributed by atoms with E-state index in [4.69, 9.17) is 9.72 Å². The van der Waals surface area contributed by atoms with E-state index in [1.165, 1.54) is 12.8 Å². The lowest BCUT2D eigenvalue weighted by Crippen LogP contribution is -2.42. The van der Waals surface area contributed by atoms with Crippen LogP contribution in [0.2, 0.25) is 0 Å². The highest BCUT2D eigenvalue weighted by Gasteiger charge is 2.51. The number of ether oxygens (including phenoxy) is 1. The van der Waals surface area contributed by atoms with E-state index in [0.717, 1.165) is 43.0 Å². The van der Waals surface area contributed by atoms with Crippen LogP contribution in [0.1, 0.15) is 43.4 Å². The van der Waals surface area contributed by atoms with Gasteiger partial charge in [-0.25, -0.2) is 22.7 Å². The highest BCUT2D eigenvalue weighted by atomic mass is 32.2. The van der Waals surface area contributed by atoms with Crippen LogP contribution < -0.4 is 5.32 Å². The Labute approximate surface area is 148 Å². The third-order valence-corrected chi connectivity index (χ3v) is 8.22. The number of hydrogen-bond acceptors (Lipinski definition) is 6. The van der Waals surface area contributed by atoms with Gasteiger partial charge in [0.05, 0.1) is 29.6 Å². The monoisotopic (exact) mass is 364 g/mol. The van der Waals surface area contributed by atoms with Crippen LogP contribution in [-0.4, -0.2) is 54.2 Å². The molecule has 1 aromatic heterocycles. The fourth-order valence-electron chi connectivity index (χ4n) is 3.98. The van der Waals surface area contributed by atoms with Crippen LogP contribution in [0, 0.1) is 5.92 Å². The molecule has 2 saturated carbocycles. The van der Waals surface area contributed by atoms with E-state index in [1.54, 1.807) is 4.31 Å². The highest BCUT2D eigenvalue weighted by molar-refractivity contribution is 7.90.